The molecule has 9 heteroatoms. The molecule has 1 heterocycles. The minimum atomic E-state index is -4.50. The number of hydrogen-bond donors (Lipinski definition) is 0. The van der Waals surface area contributed by atoms with Gasteiger partial charge < -0.3 is 0 Å². The van der Waals surface area contributed by atoms with Gasteiger partial charge in [0, 0.05) is 0 Å². The highest BCUT2D eigenvalue weighted by atomic mass is 32.2. The second-order valence-corrected chi connectivity index (χ2v) is 5.23. The standard InChI is InChI=1S/C6H9F3O4S2/c7-6(8,9)4-5-12-14(10)2-1-3-15(11)13-5/h5H,1-4H2. The summed E-state index contributed by atoms with van der Waals surface area (Å²) in [7, 11) is 0. The fourth-order valence-electron chi connectivity index (χ4n) is 0.903. The van der Waals surface area contributed by atoms with E-state index in [1.54, 1.807) is 0 Å². The molecule has 1 rings (SSSR count). The monoisotopic (exact) mass is 266 g/mol. The molecule has 2 atom stereocenters. The van der Waals surface area contributed by atoms with Crippen molar-refractivity contribution in [2.45, 2.75) is 25.3 Å². The van der Waals surface area contributed by atoms with Crippen molar-refractivity contribution in [1.82, 2.24) is 0 Å². The van der Waals surface area contributed by atoms with E-state index in [-0.39, 0.29) is 11.5 Å². The average molecular weight is 266 g/mol. The van der Waals surface area contributed by atoms with Gasteiger partial charge in [-0.3, -0.25) is 8.37 Å². The smallest absolute Gasteiger partial charge is 0.257 e. The molecule has 0 aromatic rings. The zero-order valence-corrected chi connectivity index (χ0v) is 9.12. The van der Waals surface area contributed by atoms with Crippen molar-refractivity contribution >= 4 is 22.2 Å². The van der Waals surface area contributed by atoms with E-state index in [1.165, 1.54) is 0 Å². The first kappa shape index (κ1) is 13.1. The highest BCUT2D eigenvalue weighted by Crippen LogP contribution is 2.25. The molecule has 1 aliphatic heterocycles. The number of alkyl halides is 3. The molecule has 1 aliphatic rings. The maximum Gasteiger partial charge on any atom is 0.394 e. The van der Waals surface area contributed by atoms with E-state index in [0.717, 1.165) is 0 Å². The van der Waals surface area contributed by atoms with Crippen molar-refractivity contribution in [1.29, 1.82) is 0 Å². The lowest BCUT2D eigenvalue weighted by Crippen LogP contribution is -2.30. The Labute approximate surface area is 89.4 Å². The van der Waals surface area contributed by atoms with Gasteiger partial charge in [-0.1, -0.05) is 0 Å². The quantitative estimate of drug-likeness (QED) is 0.711. The van der Waals surface area contributed by atoms with Gasteiger partial charge in [-0.15, -0.1) is 0 Å². The molecule has 0 radical (unpaired) electrons. The van der Waals surface area contributed by atoms with Crippen molar-refractivity contribution in [3.63, 3.8) is 0 Å². The Morgan fingerprint density at radius 3 is 2.00 bits per heavy atom. The summed E-state index contributed by atoms with van der Waals surface area (Å²) in [5.74, 6) is 0.146. The fraction of sp³-hybridized carbons (Fsp3) is 1.00. The Morgan fingerprint density at radius 2 is 1.60 bits per heavy atom. The van der Waals surface area contributed by atoms with E-state index in [9.17, 15) is 21.6 Å². The number of hydrogen-bond acceptors (Lipinski definition) is 4. The Morgan fingerprint density at radius 1 is 1.13 bits per heavy atom. The normalized spacial score (nSPS) is 34.5. The minimum Gasteiger partial charge on any atom is -0.257 e. The maximum absolute atomic E-state index is 12.0. The van der Waals surface area contributed by atoms with Gasteiger partial charge in [0.05, 0.1) is 17.9 Å². The number of halogens is 3. The van der Waals surface area contributed by atoms with Crippen LogP contribution in [0.15, 0.2) is 0 Å². The lowest BCUT2D eigenvalue weighted by molar-refractivity contribution is -0.172. The van der Waals surface area contributed by atoms with E-state index in [1.807, 2.05) is 0 Å². The second kappa shape index (κ2) is 5.37. The molecule has 0 aromatic heterocycles. The highest BCUT2D eigenvalue weighted by Gasteiger charge is 2.35. The van der Waals surface area contributed by atoms with E-state index in [2.05, 4.69) is 8.37 Å². The summed E-state index contributed by atoms with van der Waals surface area (Å²) in [5, 5.41) is 0. The molecule has 1 fully saturated rings. The average Bonchev–Trinajstić information content (AvgIpc) is 1.97. The number of rotatable bonds is 1. The van der Waals surface area contributed by atoms with Gasteiger partial charge in [-0.2, -0.15) is 13.2 Å². The van der Waals surface area contributed by atoms with E-state index < -0.39 is 41.0 Å². The predicted molar refractivity (Wildman–Crippen MR) is 47.3 cm³/mol. The van der Waals surface area contributed by atoms with Crippen LogP contribution in [0.3, 0.4) is 0 Å². The molecule has 0 aliphatic carbocycles. The van der Waals surface area contributed by atoms with E-state index >= 15 is 0 Å². The zero-order valence-electron chi connectivity index (χ0n) is 7.49. The van der Waals surface area contributed by atoms with Gasteiger partial charge in [0.25, 0.3) is 0 Å². The molecule has 4 nitrogen and oxygen atoms in total. The van der Waals surface area contributed by atoms with Gasteiger partial charge in [0.15, 0.2) is 28.5 Å². The summed E-state index contributed by atoms with van der Waals surface area (Å²) < 4.78 is 66.8. The largest absolute Gasteiger partial charge is 0.394 e. The molecule has 0 spiro atoms. The molecule has 0 aromatic carbocycles. The molecular weight excluding hydrogens is 257 g/mol. The van der Waals surface area contributed by atoms with Gasteiger partial charge in [0.1, 0.15) is 0 Å². The highest BCUT2D eigenvalue weighted by molar-refractivity contribution is 7.81. The predicted octanol–water partition coefficient (Wildman–Crippen LogP) is 1.03. The first-order valence-corrected chi connectivity index (χ1v) is 6.53. The SMILES string of the molecule is O=S1CCCS(=O)OC(CC(F)(F)F)O1. The maximum atomic E-state index is 12.0. The van der Waals surface area contributed by atoms with Crippen molar-refractivity contribution in [2.75, 3.05) is 11.5 Å². The third-order valence-electron chi connectivity index (χ3n) is 1.45. The second-order valence-electron chi connectivity index (χ2n) is 2.81. The lowest BCUT2D eigenvalue weighted by atomic mass is 10.4. The Kier molecular flexibility index (Phi) is 4.68. The minimum absolute atomic E-state index is 0.0729. The lowest BCUT2D eigenvalue weighted by Gasteiger charge is -2.19. The summed E-state index contributed by atoms with van der Waals surface area (Å²) in [6.45, 7) is 0. The summed E-state index contributed by atoms with van der Waals surface area (Å²) in [6, 6.07) is 0. The Bertz CT molecular complexity index is 250. The van der Waals surface area contributed by atoms with Crippen LogP contribution in [-0.2, 0) is 30.5 Å². The third kappa shape index (κ3) is 5.59. The van der Waals surface area contributed by atoms with Crippen LogP contribution in [0.25, 0.3) is 0 Å². The van der Waals surface area contributed by atoms with Crippen molar-refractivity contribution < 1.29 is 30.0 Å². The molecule has 1 saturated heterocycles. The van der Waals surface area contributed by atoms with Crippen LogP contribution < -0.4 is 0 Å². The molecule has 0 saturated carbocycles. The molecule has 0 amide bonds. The van der Waals surface area contributed by atoms with Crippen LogP contribution >= 0.6 is 0 Å². The first-order valence-electron chi connectivity index (χ1n) is 4.04. The summed E-state index contributed by atoms with van der Waals surface area (Å²) in [5.41, 5.74) is 0. The topological polar surface area (TPSA) is 52.6 Å². The van der Waals surface area contributed by atoms with Crippen LogP contribution in [0.2, 0.25) is 0 Å². The fourth-order valence-corrected chi connectivity index (χ4v) is 2.78. The molecule has 0 bridgehead atoms. The van der Waals surface area contributed by atoms with Crippen LogP contribution in [0.4, 0.5) is 13.2 Å². The van der Waals surface area contributed by atoms with Gasteiger partial charge in [-0.25, -0.2) is 8.42 Å². The summed E-state index contributed by atoms with van der Waals surface area (Å²) >= 11 is -3.62. The van der Waals surface area contributed by atoms with Gasteiger partial charge >= 0.3 is 6.18 Å². The van der Waals surface area contributed by atoms with E-state index in [0.29, 0.717) is 6.42 Å². The zero-order chi connectivity index (χ0) is 11.5. The van der Waals surface area contributed by atoms with Gasteiger partial charge in [-0.05, 0) is 6.42 Å². The summed E-state index contributed by atoms with van der Waals surface area (Å²) in [6.07, 6.45) is -7.33. The summed E-state index contributed by atoms with van der Waals surface area (Å²) in [4.78, 5) is 0. The van der Waals surface area contributed by atoms with Crippen LogP contribution in [-0.4, -0.2) is 32.4 Å². The van der Waals surface area contributed by atoms with Crippen molar-refractivity contribution in [2.24, 2.45) is 0 Å². The van der Waals surface area contributed by atoms with Gasteiger partial charge in [0.2, 0.25) is 0 Å². The van der Waals surface area contributed by atoms with Crippen LogP contribution in [0.1, 0.15) is 12.8 Å². The molecule has 0 N–H and O–H groups in total. The molecule has 2 unspecified atom stereocenters. The molecule has 90 valence electrons. The first-order chi connectivity index (χ1) is 6.87. The molecular formula is C6H9F3O4S2. The van der Waals surface area contributed by atoms with Crippen LogP contribution in [0, 0.1) is 0 Å². The third-order valence-corrected chi connectivity index (χ3v) is 3.55. The van der Waals surface area contributed by atoms with Crippen molar-refractivity contribution in [3.8, 4) is 0 Å². The van der Waals surface area contributed by atoms with Crippen LogP contribution in [0.5, 0.6) is 0 Å². The van der Waals surface area contributed by atoms with E-state index in [4.69, 9.17) is 0 Å². The Balaban J connectivity index is 2.58. The van der Waals surface area contributed by atoms with Crippen molar-refractivity contribution in [3.05, 3.63) is 0 Å². The Hall–Kier alpha value is 0.01000. The molecule has 15 heavy (non-hydrogen) atoms.